The molecule has 0 N–H and O–H groups in total. The normalized spacial score (nSPS) is 26.7. The van der Waals surface area contributed by atoms with Crippen molar-refractivity contribution in [3.05, 3.63) is 0 Å². The van der Waals surface area contributed by atoms with Crippen LogP contribution >= 0.6 is 0 Å². The molecule has 182 valence electrons. The Kier molecular flexibility index (Phi) is 14.6. The second-order valence-corrected chi connectivity index (χ2v) is 9.84. The third-order valence-corrected chi connectivity index (χ3v) is 6.99. The number of esters is 1. The predicted octanol–water partition coefficient (Wildman–Crippen LogP) is 7.72. The standard InChI is InChI=1S/C27H50O4/c1-3-5-7-9-10-11-12-13-14-18-23-22-25(31-26-20-16-17-21-29-26)24(27(28)30-23)19-15-8-6-4-2/h23-26H,3-22H2,1-2H3. The van der Waals surface area contributed by atoms with E-state index in [1.807, 2.05) is 0 Å². The molecule has 4 nitrogen and oxygen atoms in total. The molecule has 0 aliphatic carbocycles. The largest absolute Gasteiger partial charge is 0.462 e. The van der Waals surface area contributed by atoms with Gasteiger partial charge >= 0.3 is 5.97 Å². The highest BCUT2D eigenvalue weighted by Gasteiger charge is 2.40. The van der Waals surface area contributed by atoms with Crippen molar-refractivity contribution >= 4 is 5.97 Å². The Balaban J connectivity index is 1.72. The van der Waals surface area contributed by atoms with Crippen molar-refractivity contribution in [2.75, 3.05) is 6.61 Å². The van der Waals surface area contributed by atoms with E-state index in [9.17, 15) is 4.79 Å². The van der Waals surface area contributed by atoms with E-state index in [0.717, 1.165) is 58.0 Å². The van der Waals surface area contributed by atoms with E-state index in [1.54, 1.807) is 0 Å². The Morgan fingerprint density at radius 2 is 1.42 bits per heavy atom. The minimum atomic E-state index is -0.129. The smallest absolute Gasteiger partial charge is 0.311 e. The SMILES string of the molecule is CCCCCCCCCCCC1CC(OC2CCCCO2)C(CCCCCC)C(=O)O1. The average Bonchev–Trinajstić information content (AvgIpc) is 2.77. The third-order valence-electron chi connectivity index (χ3n) is 6.99. The maximum absolute atomic E-state index is 12.8. The summed E-state index contributed by atoms with van der Waals surface area (Å²) in [5.41, 5.74) is 0. The van der Waals surface area contributed by atoms with Gasteiger partial charge in [-0.05, 0) is 38.5 Å². The molecule has 0 aromatic heterocycles. The monoisotopic (exact) mass is 438 g/mol. The summed E-state index contributed by atoms with van der Waals surface area (Å²) in [6.45, 7) is 5.27. The summed E-state index contributed by atoms with van der Waals surface area (Å²) in [4.78, 5) is 12.8. The second-order valence-electron chi connectivity index (χ2n) is 9.84. The maximum Gasteiger partial charge on any atom is 0.311 e. The van der Waals surface area contributed by atoms with E-state index in [0.29, 0.717) is 0 Å². The van der Waals surface area contributed by atoms with Gasteiger partial charge in [-0.25, -0.2) is 0 Å². The summed E-state index contributed by atoms with van der Waals surface area (Å²) >= 11 is 0. The summed E-state index contributed by atoms with van der Waals surface area (Å²) in [5, 5.41) is 0. The topological polar surface area (TPSA) is 44.8 Å². The minimum Gasteiger partial charge on any atom is -0.462 e. The van der Waals surface area contributed by atoms with Crippen molar-refractivity contribution in [2.45, 2.75) is 154 Å². The predicted molar refractivity (Wildman–Crippen MR) is 127 cm³/mol. The number of ether oxygens (including phenoxy) is 3. The van der Waals surface area contributed by atoms with Crippen LogP contribution in [0.1, 0.15) is 136 Å². The number of hydrogen-bond donors (Lipinski definition) is 0. The van der Waals surface area contributed by atoms with Gasteiger partial charge in [0.2, 0.25) is 0 Å². The molecular weight excluding hydrogens is 388 g/mol. The lowest BCUT2D eigenvalue weighted by Gasteiger charge is -2.37. The van der Waals surface area contributed by atoms with Crippen molar-refractivity contribution in [3.63, 3.8) is 0 Å². The molecule has 2 fully saturated rings. The molecule has 0 bridgehead atoms. The molecule has 2 rings (SSSR count). The second kappa shape index (κ2) is 16.9. The molecule has 2 heterocycles. The Morgan fingerprint density at radius 1 is 0.806 bits per heavy atom. The van der Waals surface area contributed by atoms with Crippen LogP contribution in [0.4, 0.5) is 0 Å². The lowest BCUT2D eigenvalue weighted by atomic mass is 9.87. The molecule has 4 unspecified atom stereocenters. The molecule has 4 atom stereocenters. The first-order valence-electron chi connectivity index (χ1n) is 13.7. The zero-order chi connectivity index (χ0) is 22.2. The first-order valence-corrected chi connectivity index (χ1v) is 13.7. The quantitative estimate of drug-likeness (QED) is 0.172. The molecule has 0 saturated carbocycles. The van der Waals surface area contributed by atoms with Crippen LogP contribution < -0.4 is 0 Å². The number of cyclic esters (lactones) is 1. The van der Waals surface area contributed by atoms with Gasteiger partial charge in [0.25, 0.3) is 0 Å². The number of unbranched alkanes of at least 4 members (excludes halogenated alkanes) is 11. The van der Waals surface area contributed by atoms with Crippen LogP contribution in [0.5, 0.6) is 0 Å². The molecular formula is C27H50O4. The molecule has 0 radical (unpaired) electrons. The Bertz CT molecular complexity index is 447. The van der Waals surface area contributed by atoms with Gasteiger partial charge in [0.05, 0.1) is 12.0 Å². The van der Waals surface area contributed by atoms with Crippen molar-refractivity contribution in [3.8, 4) is 0 Å². The van der Waals surface area contributed by atoms with Crippen molar-refractivity contribution < 1.29 is 19.0 Å². The Hall–Kier alpha value is -0.610. The van der Waals surface area contributed by atoms with Crippen LogP contribution in [0.3, 0.4) is 0 Å². The third kappa shape index (κ3) is 11.2. The number of hydrogen-bond acceptors (Lipinski definition) is 4. The molecule has 0 spiro atoms. The summed E-state index contributed by atoms with van der Waals surface area (Å²) in [6, 6.07) is 0. The van der Waals surface area contributed by atoms with Crippen LogP contribution in [-0.4, -0.2) is 31.1 Å². The molecule has 4 heteroatoms. The van der Waals surface area contributed by atoms with Gasteiger partial charge in [-0.1, -0.05) is 90.9 Å². The lowest BCUT2D eigenvalue weighted by molar-refractivity contribution is -0.222. The van der Waals surface area contributed by atoms with Crippen LogP contribution in [0, 0.1) is 5.92 Å². The molecule has 31 heavy (non-hydrogen) atoms. The molecule has 2 saturated heterocycles. The highest BCUT2D eigenvalue weighted by molar-refractivity contribution is 5.74. The fourth-order valence-corrected chi connectivity index (χ4v) is 4.99. The number of carbonyl (C=O) groups is 1. The van der Waals surface area contributed by atoms with Gasteiger partial charge in [-0.3, -0.25) is 4.79 Å². The Labute approximate surface area is 192 Å². The fraction of sp³-hybridized carbons (Fsp3) is 0.963. The molecule has 2 aliphatic heterocycles. The first kappa shape index (κ1) is 26.6. The summed E-state index contributed by atoms with van der Waals surface area (Å²) in [6.07, 6.45) is 22.4. The highest BCUT2D eigenvalue weighted by atomic mass is 16.7. The zero-order valence-corrected chi connectivity index (χ0v) is 20.6. The van der Waals surface area contributed by atoms with E-state index >= 15 is 0 Å². The van der Waals surface area contributed by atoms with Crippen molar-refractivity contribution in [1.29, 1.82) is 0 Å². The van der Waals surface area contributed by atoms with Crippen molar-refractivity contribution in [1.82, 2.24) is 0 Å². The average molecular weight is 439 g/mol. The number of rotatable bonds is 17. The van der Waals surface area contributed by atoms with Crippen LogP contribution in [0.2, 0.25) is 0 Å². The summed E-state index contributed by atoms with van der Waals surface area (Å²) in [5.74, 6) is -0.133. The molecule has 0 amide bonds. The van der Waals surface area contributed by atoms with Crippen LogP contribution in [0.15, 0.2) is 0 Å². The first-order chi connectivity index (χ1) is 15.2. The van der Waals surface area contributed by atoms with Gasteiger partial charge in [-0.2, -0.15) is 0 Å². The van der Waals surface area contributed by atoms with Crippen LogP contribution in [-0.2, 0) is 19.0 Å². The van der Waals surface area contributed by atoms with Gasteiger partial charge < -0.3 is 14.2 Å². The van der Waals surface area contributed by atoms with Crippen molar-refractivity contribution in [2.24, 2.45) is 5.92 Å². The minimum absolute atomic E-state index is 0.0236. The lowest BCUT2D eigenvalue weighted by Crippen LogP contribution is -2.45. The van der Waals surface area contributed by atoms with Gasteiger partial charge in [0.15, 0.2) is 6.29 Å². The van der Waals surface area contributed by atoms with Gasteiger partial charge in [0, 0.05) is 13.0 Å². The van der Waals surface area contributed by atoms with E-state index in [1.165, 1.54) is 70.6 Å². The Morgan fingerprint density at radius 3 is 2.06 bits per heavy atom. The van der Waals surface area contributed by atoms with E-state index < -0.39 is 0 Å². The summed E-state index contributed by atoms with van der Waals surface area (Å²) in [7, 11) is 0. The fourth-order valence-electron chi connectivity index (χ4n) is 4.99. The van der Waals surface area contributed by atoms with E-state index in [-0.39, 0.29) is 30.4 Å². The number of carbonyl (C=O) groups excluding carboxylic acids is 1. The highest BCUT2D eigenvalue weighted by Crippen LogP contribution is 2.32. The van der Waals surface area contributed by atoms with Gasteiger partial charge in [-0.15, -0.1) is 0 Å². The molecule has 0 aromatic rings. The zero-order valence-electron chi connectivity index (χ0n) is 20.6. The van der Waals surface area contributed by atoms with Gasteiger partial charge in [0.1, 0.15) is 6.10 Å². The van der Waals surface area contributed by atoms with Crippen LogP contribution in [0.25, 0.3) is 0 Å². The summed E-state index contributed by atoms with van der Waals surface area (Å²) < 4.78 is 18.1. The van der Waals surface area contributed by atoms with E-state index in [2.05, 4.69) is 13.8 Å². The van der Waals surface area contributed by atoms with E-state index in [4.69, 9.17) is 14.2 Å². The molecule has 0 aromatic carbocycles. The molecule has 2 aliphatic rings. The maximum atomic E-state index is 12.8.